The summed E-state index contributed by atoms with van der Waals surface area (Å²) in [6.07, 6.45) is 0.532. The monoisotopic (exact) mass is 594 g/mol. The predicted molar refractivity (Wildman–Crippen MR) is 143 cm³/mol. The van der Waals surface area contributed by atoms with Gasteiger partial charge in [0.2, 0.25) is 10.0 Å². The van der Waals surface area contributed by atoms with E-state index < -0.39 is 41.2 Å². The topological polar surface area (TPSA) is 113 Å². The maximum Gasteiger partial charge on any atom is 0.501 e. The van der Waals surface area contributed by atoms with Gasteiger partial charge in [-0.25, -0.2) is 22.0 Å². The van der Waals surface area contributed by atoms with E-state index in [0.717, 1.165) is 43.2 Å². The number of sulfone groups is 1. The van der Waals surface area contributed by atoms with E-state index in [1.54, 1.807) is 0 Å². The number of hydrogen-bond donors (Lipinski definition) is 2. The van der Waals surface area contributed by atoms with Crippen LogP contribution in [0, 0.1) is 0 Å². The molecule has 0 saturated carbocycles. The summed E-state index contributed by atoms with van der Waals surface area (Å²) in [5.74, 6) is 0.443. The van der Waals surface area contributed by atoms with Crippen LogP contribution in [-0.4, -0.2) is 82.7 Å². The maximum atomic E-state index is 13.5. The first-order valence-electron chi connectivity index (χ1n) is 12.1. The van der Waals surface area contributed by atoms with Gasteiger partial charge < -0.3 is 10.2 Å². The van der Waals surface area contributed by atoms with Crippen LogP contribution >= 0.6 is 11.8 Å². The Bertz CT molecular complexity index is 1280. The normalized spacial score (nSPS) is 17.0. The number of thioether (sulfide) groups is 1. The molecular weight excluding hydrogens is 561 g/mol. The Labute approximate surface area is 226 Å². The zero-order chi connectivity index (χ0) is 28.1. The first-order chi connectivity index (χ1) is 17.7. The van der Waals surface area contributed by atoms with E-state index in [1.807, 2.05) is 30.3 Å². The zero-order valence-corrected chi connectivity index (χ0v) is 23.6. The van der Waals surface area contributed by atoms with Crippen LogP contribution in [0.4, 0.5) is 18.9 Å². The van der Waals surface area contributed by atoms with Crippen LogP contribution in [0.15, 0.2) is 63.2 Å². The summed E-state index contributed by atoms with van der Waals surface area (Å²) >= 11 is 1.49. The van der Waals surface area contributed by atoms with Gasteiger partial charge in [-0.1, -0.05) is 18.2 Å². The average Bonchev–Trinajstić information content (AvgIpc) is 2.85. The van der Waals surface area contributed by atoms with Gasteiger partial charge in [-0.3, -0.25) is 4.90 Å². The van der Waals surface area contributed by atoms with Gasteiger partial charge in [0.15, 0.2) is 0 Å². The molecule has 2 aromatic carbocycles. The van der Waals surface area contributed by atoms with Gasteiger partial charge >= 0.3 is 5.51 Å². The minimum absolute atomic E-state index is 0.321. The van der Waals surface area contributed by atoms with E-state index in [4.69, 9.17) is 5.14 Å². The van der Waals surface area contributed by atoms with Gasteiger partial charge in [0.05, 0.1) is 10.6 Å². The lowest BCUT2D eigenvalue weighted by molar-refractivity contribution is -0.0435. The third-order valence-electron chi connectivity index (χ3n) is 6.36. The highest BCUT2D eigenvalue weighted by atomic mass is 32.2. The molecule has 212 valence electrons. The molecule has 2 aromatic rings. The number of hydrogen-bond acceptors (Lipinski definition) is 8. The molecule has 8 nitrogen and oxygen atoms in total. The maximum absolute atomic E-state index is 13.5. The van der Waals surface area contributed by atoms with Gasteiger partial charge in [-0.15, -0.1) is 11.8 Å². The third kappa shape index (κ3) is 8.09. The molecule has 1 saturated heterocycles. The first-order valence-corrected chi connectivity index (χ1v) is 16.1. The van der Waals surface area contributed by atoms with Gasteiger partial charge in [-0.05, 0) is 50.6 Å². The summed E-state index contributed by atoms with van der Waals surface area (Å²) < 4.78 is 88.8. The molecule has 14 heteroatoms. The summed E-state index contributed by atoms with van der Waals surface area (Å²) in [7, 11) is -10.3. The van der Waals surface area contributed by atoms with Crippen molar-refractivity contribution in [2.24, 2.45) is 5.14 Å². The fourth-order valence-corrected chi connectivity index (χ4v) is 6.67. The van der Waals surface area contributed by atoms with Crippen molar-refractivity contribution in [3.05, 3.63) is 48.5 Å². The molecule has 0 aromatic heterocycles. The highest BCUT2D eigenvalue weighted by Gasteiger charge is 2.48. The highest BCUT2D eigenvalue weighted by Crippen LogP contribution is 2.36. The molecule has 0 aliphatic carbocycles. The molecule has 0 radical (unpaired) electrons. The lowest BCUT2D eigenvalue weighted by Gasteiger charge is -2.37. The van der Waals surface area contributed by atoms with Crippen LogP contribution in [0.2, 0.25) is 0 Å². The molecule has 0 amide bonds. The molecule has 1 heterocycles. The number of primary sulfonamides is 1. The van der Waals surface area contributed by atoms with Gasteiger partial charge in [-0.2, -0.15) is 13.2 Å². The van der Waals surface area contributed by atoms with Crippen molar-refractivity contribution in [2.45, 2.75) is 52.5 Å². The summed E-state index contributed by atoms with van der Waals surface area (Å²) in [6.45, 7) is 8.49. The number of rotatable bonds is 11. The highest BCUT2D eigenvalue weighted by molar-refractivity contribution is 7.99. The van der Waals surface area contributed by atoms with Crippen LogP contribution in [0.25, 0.3) is 0 Å². The van der Waals surface area contributed by atoms with Crippen molar-refractivity contribution < 1.29 is 30.0 Å². The Morgan fingerprint density at radius 2 is 1.63 bits per heavy atom. The van der Waals surface area contributed by atoms with Crippen LogP contribution < -0.4 is 10.5 Å². The van der Waals surface area contributed by atoms with Gasteiger partial charge in [0, 0.05) is 55.5 Å². The summed E-state index contributed by atoms with van der Waals surface area (Å²) in [4.78, 5) is 3.72. The molecule has 0 spiro atoms. The number of nitrogens with one attached hydrogen (secondary N) is 1. The summed E-state index contributed by atoms with van der Waals surface area (Å²) in [5, 5.41) is 8.03. The molecule has 3 rings (SSSR count). The molecule has 0 unspecified atom stereocenters. The lowest BCUT2D eigenvalue weighted by Crippen LogP contribution is -2.49. The number of anilines is 1. The molecule has 0 bridgehead atoms. The minimum Gasteiger partial charge on any atom is -0.380 e. The van der Waals surface area contributed by atoms with E-state index >= 15 is 0 Å². The van der Waals surface area contributed by atoms with Crippen molar-refractivity contribution >= 4 is 37.3 Å². The van der Waals surface area contributed by atoms with E-state index in [-0.39, 0.29) is 5.69 Å². The molecule has 38 heavy (non-hydrogen) atoms. The number of nitrogens with two attached hydrogens (primary N) is 1. The molecule has 1 fully saturated rings. The van der Waals surface area contributed by atoms with Crippen molar-refractivity contribution in [1.82, 2.24) is 9.80 Å². The van der Waals surface area contributed by atoms with Crippen molar-refractivity contribution in [2.75, 3.05) is 43.8 Å². The summed E-state index contributed by atoms with van der Waals surface area (Å²) in [5.41, 5.74) is -5.94. The quantitative estimate of drug-likeness (QED) is 0.380. The third-order valence-corrected chi connectivity index (χ3v) is 9.97. The van der Waals surface area contributed by atoms with Crippen LogP contribution in [-0.2, 0) is 19.9 Å². The fourth-order valence-electron chi connectivity index (χ4n) is 4.12. The number of alkyl halides is 3. The largest absolute Gasteiger partial charge is 0.501 e. The van der Waals surface area contributed by atoms with Crippen LogP contribution in [0.3, 0.4) is 0 Å². The van der Waals surface area contributed by atoms with Crippen molar-refractivity contribution in [3.63, 3.8) is 0 Å². The first kappa shape index (κ1) is 30.7. The molecule has 1 aliphatic rings. The van der Waals surface area contributed by atoms with Crippen molar-refractivity contribution in [3.8, 4) is 0 Å². The second-order valence-electron chi connectivity index (χ2n) is 9.38. The smallest absolute Gasteiger partial charge is 0.380 e. The van der Waals surface area contributed by atoms with E-state index in [1.165, 1.54) is 11.8 Å². The Balaban J connectivity index is 1.86. The SMILES string of the molecule is CC(C)N1CCN(CC[C@H](CSc2ccccc2)Nc2ccc(S(N)(=O)=O)cc2S(=O)(=O)C(F)(F)F)CC1. The molecular formula is C24H33F3N4O4S3. The van der Waals surface area contributed by atoms with E-state index in [9.17, 15) is 30.0 Å². The number of benzene rings is 2. The second kappa shape index (κ2) is 12.6. The van der Waals surface area contributed by atoms with E-state index in [0.29, 0.717) is 30.8 Å². The molecule has 1 atom stereocenters. The number of piperazine rings is 1. The Hall–Kier alpha value is -1.84. The molecule has 3 N–H and O–H groups in total. The fraction of sp³-hybridized carbons (Fsp3) is 0.500. The number of nitrogens with zero attached hydrogens (tertiary/aromatic N) is 2. The zero-order valence-electron chi connectivity index (χ0n) is 21.2. The Kier molecular flexibility index (Phi) is 10.1. The van der Waals surface area contributed by atoms with Gasteiger partial charge in [0.1, 0.15) is 4.90 Å². The predicted octanol–water partition coefficient (Wildman–Crippen LogP) is 3.62. The van der Waals surface area contributed by atoms with Gasteiger partial charge in [0.25, 0.3) is 9.84 Å². The lowest BCUT2D eigenvalue weighted by atomic mass is 10.2. The standard InChI is InChI=1S/C24H33F3N4O4S3/c1-18(2)31-14-12-30(13-15-31)11-10-19(17-36-20-6-4-3-5-7-20)29-22-9-8-21(38(28,34)35)16-23(22)37(32,33)24(25,26)27/h3-9,16,18-19,29H,10-15,17H2,1-2H3,(H2,28,34,35)/t19-/m1/s1. The van der Waals surface area contributed by atoms with E-state index in [2.05, 4.69) is 29.0 Å². The summed E-state index contributed by atoms with van der Waals surface area (Å²) in [6, 6.07) is 12.0. The Morgan fingerprint density at radius 1 is 1.00 bits per heavy atom. The van der Waals surface area contributed by atoms with Crippen LogP contribution in [0.1, 0.15) is 20.3 Å². The number of sulfonamides is 1. The average molecular weight is 595 g/mol. The Morgan fingerprint density at radius 3 is 2.18 bits per heavy atom. The minimum atomic E-state index is -5.86. The number of halogens is 3. The van der Waals surface area contributed by atoms with Crippen LogP contribution in [0.5, 0.6) is 0 Å². The van der Waals surface area contributed by atoms with Crippen molar-refractivity contribution in [1.29, 1.82) is 0 Å². The second-order valence-corrected chi connectivity index (χ2v) is 13.9. The molecule has 1 aliphatic heterocycles.